The molecule has 1 aliphatic carbocycles. The summed E-state index contributed by atoms with van der Waals surface area (Å²) >= 11 is 0. The molecule has 0 aromatic rings. The number of nitrogens with one attached hydrogen (secondary N) is 1. The minimum Gasteiger partial charge on any atom is -0.392 e. The maximum atomic E-state index is 11.5. The molecule has 6 atom stereocenters. The van der Waals surface area contributed by atoms with Crippen LogP contribution in [-0.4, -0.2) is 46.4 Å². The first-order chi connectivity index (χ1) is 13.4. The van der Waals surface area contributed by atoms with Crippen molar-refractivity contribution in [3.63, 3.8) is 0 Å². The molecule has 0 radical (unpaired) electrons. The quantitative estimate of drug-likeness (QED) is 0.318. The fourth-order valence-corrected chi connectivity index (χ4v) is 4.25. The Morgan fingerprint density at radius 3 is 2.82 bits per heavy atom. The lowest BCUT2D eigenvalue weighted by atomic mass is 9.89. The van der Waals surface area contributed by atoms with Gasteiger partial charge in [0.05, 0.1) is 24.4 Å². The largest absolute Gasteiger partial charge is 0.392 e. The zero-order valence-corrected chi connectivity index (χ0v) is 16.9. The Bertz CT molecular complexity index is 620. The smallest absolute Gasteiger partial charge is 0.226 e. The summed E-state index contributed by atoms with van der Waals surface area (Å²) in [4.78, 5) is 22.3. The van der Waals surface area contributed by atoms with Crippen LogP contribution in [-0.2, 0) is 14.3 Å². The van der Waals surface area contributed by atoms with E-state index in [0.29, 0.717) is 25.7 Å². The summed E-state index contributed by atoms with van der Waals surface area (Å²) in [6.45, 7) is 3.12. The van der Waals surface area contributed by atoms with E-state index in [1.54, 1.807) is 13.0 Å². The number of amides is 2. The summed E-state index contributed by atoms with van der Waals surface area (Å²) in [5.74, 6) is 5.51. The lowest BCUT2D eigenvalue weighted by Crippen LogP contribution is -2.27. The molecule has 2 amide bonds. The Balaban J connectivity index is 1.73. The molecule has 6 nitrogen and oxygen atoms in total. The van der Waals surface area contributed by atoms with Gasteiger partial charge in [0, 0.05) is 32.1 Å². The topological polar surface area (TPSA) is 95.9 Å². The number of carbonyl (C=O) groups is 2. The number of rotatable bonds is 9. The van der Waals surface area contributed by atoms with Crippen molar-refractivity contribution in [2.24, 2.45) is 11.8 Å². The third-order valence-electron chi connectivity index (χ3n) is 5.59. The number of aliphatic hydroxyl groups excluding tert-OH is 2. The fourth-order valence-electron chi connectivity index (χ4n) is 4.25. The van der Waals surface area contributed by atoms with Crippen LogP contribution in [0.4, 0.5) is 0 Å². The van der Waals surface area contributed by atoms with Gasteiger partial charge in [-0.3, -0.25) is 14.9 Å². The molecule has 0 unspecified atom stereocenters. The average molecular weight is 392 g/mol. The van der Waals surface area contributed by atoms with Crippen LogP contribution in [0.5, 0.6) is 0 Å². The van der Waals surface area contributed by atoms with Crippen molar-refractivity contribution in [1.82, 2.24) is 5.32 Å². The van der Waals surface area contributed by atoms with Gasteiger partial charge in [-0.15, -0.1) is 11.8 Å². The van der Waals surface area contributed by atoms with Crippen molar-refractivity contribution in [2.45, 2.75) is 89.6 Å². The van der Waals surface area contributed by atoms with Gasteiger partial charge in [0.1, 0.15) is 0 Å². The second-order valence-electron chi connectivity index (χ2n) is 7.84. The van der Waals surface area contributed by atoms with Crippen molar-refractivity contribution in [1.29, 1.82) is 0 Å². The Hall–Kier alpha value is -1.68. The van der Waals surface area contributed by atoms with Crippen molar-refractivity contribution in [3.05, 3.63) is 12.2 Å². The van der Waals surface area contributed by atoms with E-state index < -0.39 is 12.2 Å². The molecule has 1 aliphatic heterocycles. The molecular weight excluding hydrogens is 358 g/mol. The summed E-state index contributed by atoms with van der Waals surface area (Å²) in [6, 6.07) is 0. The number of carbonyl (C=O) groups excluding carboxylic acids is 2. The summed E-state index contributed by atoms with van der Waals surface area (Å²) in [7, 11) is 0. The van der Waals surface area contributed by atoms with Crippen molar-refractivity contribution >= 4 is 11.8 Å². The van der Waals surface area contributed by atoms with Crippen LogP contribution in [0.2, 0.25) is 0 Å². The normalized spacial score (nSPS) is 29.9. The molecule has 28 heavy (non-hydrogen) atoms. The van der Waals surface area contributed by atoms with Crippen molar-refractivity contribution < 1.29 is 24.5 Å². The first-order valence-corrected chi connectivity index (χ1v) is 10.3. The Kier molecular flexibility index (Phi) is 9.17. The summed E-state index contributed by atoms with van der Waals surface area (Å²) in [6.07, 6.45) is 8.63. The molecule has 2 fully saturated rings. The van der Waals surface area contributed by atoms with Gasteiger partial charge in [-0.1, -0.05) is 18.6 Å². The third kappa shape index (κ3) is 7.05. The lowest BCUT2D eigenvalue weighted by Gasteiger charge is -2.18. The van der Waals surface area contributed by atoms with Crippen LogP contribution in [0.25, 0.3) is 0 Å². The zero-order valence-electron chi connectivity index (χ0n) is 16.9. The van der Waals surface area contributed by atoms with Crippen LogP contribution in [0.15, 0.2) is 12.2 Å². The first kappa shape index (κ1) is 22.6. The maximum absolute atomic E-state index is 11.5. The molecule has 0 aromatic heterocycles. The minimum atomic E-state index is -0.536. The molecule has 0 bridgehead atoms. The Morgan fingerprint density at radius 1 is 1.32 bits per heavy atom. The second kappa shape index (κ2) is 11.4. The highest BCUT2D eigenvalue weighted by Crippen LogP contribution is 2.45. The highest BCUT2D eigenvalue weighted by molar-refractivity contribution is 5.93. The minimum absolute atomic E-state index is 0.0169. The van der Waals surface area contributed by atoms with Crippen LogP contribution < -0.4 is 5.32 Å². The molecule has 1 saturated heterocycles. The maximum Gasteiger partial charge on any atom is 0.226 e. The van der Waals surface area contributed by atoms with Gasteiger partial charge in [-0.25, -0.2) is 0 Å². The number of ether oxygens (including phenoxy) is 1. The van der Waals surface area contributed by atoms with Crippen molar-refractivity contribution in [3.8, 4) is 11.8 Å². The zero-order chi connectivity index (χ0) is 20.5. The number of unbranched alkanes of at least 4 members (excludes halogenated alkanes) is 1. The standard InChI is InChI=1S/C22H33NO5/c1-3-4-5-8-16(25)11-12-18-19-13-17(28-21(19)14-20(18)26)9-6-7-10-22(27)23-15(2)24/h11-12,16-21,25-26H,5-10,13-14H2,1-2H3,(H,23,24,27)/t16-,17+,18+,19+,20+,21-/m0/s1. The Morgan fingerprint density at radius 2 is 2.11 bits per heavy atom. The van der Waals surface area contributed by atoms with E-state index >= 15 is 0 Å². The molecule has 1 saturated carbocycles. The van der Waals surface area contributed by atoms with Gasteiger partial charge >= 0.3 is 0 Å². The predicted octanol–water partition coefficient (Wildman–Crippen LogP) is 2.08. The van der Waals surface area contributed by atoms with Crippen LogP contribution in [0.3, 0.4) is 0 Å². The summed E-state index contributed by atoms with van der Waals surface area (Å²) in [5, 5.41) is 22.7. The van der Waals surface area contributed by atoms with Gasteiger partial charge in [0.25, 0.3) is 0 Å². The number of hydrogen-bond donors (Lipinski definition) is 3. The highest BCUT2D eigenvalue weighted by Gasteiger charge is 2.47. The molecule has 156 valence electrons. The molecular formula is C22H33NO5. The number of fused-ring (bicyclic) bond motifs is 1. The Labute approximate surface area is 167 Å². The molecule has 6 heteroatoms. The third-order valence-corrected chi connectivity index (χ3v) is 5.59. The van der Waals surface area contributed by atoms with Gasteiger partial charge in [0.15, 0.2) is 0 Å². The molecule has 0 aromatic carbocycles. The number of aliphatic hydroxyl groups is 2. The summed E-state index contributed by atoms with van der Waals surface area (Å²) in [5.41, 5.74) is 0. The van der Waals surface area contributed by atoms with Gasteiger partial charge in [-0.2, -0.15) is 0 Å². The molecule has 3 N–H and O–H groups in total. The van der Waals surface area contributed by atoms with Gasteiger partial charge < -0.3 is 14.9 Å². The SMILES string of the molecule is CC#CCC[C@H](O)C=C[C@@H]1[C@H]2C[C@@H](CCCCC(=O)NC(C)=O)O[C@H]2C[C@H]1O. The first-order valence-electron chi connectivity index (χ1n) is 10.3. The van der Waals surface area contributed by atoms with E-state index in [4.69, 9.17) is 4.74 Å². The van der Waals surface area contributed by atoms with E-state index in [9.17, 15) is 19.8 Å². The monoisotopic (exact) mass is 391 g/mol. The van der Waals surface area contributed by atoms with E-state index in [2.05, 4.69) is 17.2 Å². The van der Waals surface area contributed by atoms with Crippen LogP contribution in [0, 0.1) is 23.7 Å². The van der Waals surface area contributed by atoms with Gasteiger partial charge in [-0.05, 0) is 38.5 Å². The van der Waals surface area contributed by atoms with Crippen molar-refractivity contribution in [2.75, 3.05) is 0 Å². The number of imide groups is 1. The molecule has 0 spiro atoms. The van der Waals surface area contributed by atoms with Crippen LogP contribution >= 0.6 is 0 Å². The lowest BCUT2D eigenvalue weighted by molar-refractivity contribution is -0.129. The van der Waals surface area contributed by atoms with E-state index in [0.717, 1.165) is 25.7 Å². The molecule has 2 aliphatic rings. The predicted molar refractivity (Wildman–Crippen MR) is 106 cm³/mol. The summed E-state index contributed by atoms with van der Waals surface area (Å²) < 4.78 is 6.11. The van der Waals surface area contributed by atoms with Gasteiger partial charge in [0.2, 0.25) is 11.8 Å². The second-order valence-corrected chi connectivity index (χ2v) is 7.84. The highest BCUT2D eigenvalue weighted by atomic mass is 16.5. The van der Waals surface area contributed by atoms with Crippen LogP contribution in [0.1, 0.15) is 65.2 Å². The van der Waals surface area contributed by atoms with E-state index in [1.807, 2.05) is 6.08 Å². The molecule has 1 heterocycles. The average Bonchev–Trinajstić information content (AvgIpc) is 3.13. The number of hydrogen-bond acceptors (Lipinski definition) is 5. The fraction of sp³-hybridized carbons (Fsp3) is 0.727. The van der Waals surface area contributed by atoms with E-state index in [-0.39, 0.29) is 35.9 Å². The molecule has 2 rings (SSSR count). The van der Waals surface area contributed by atoms with E-state index in [1.165, 1.54) is 6.92 Å².